The first-order valence-electron chi connectivity index (χ1n) is 9.39. The van der Waals surface area contributed by atoms with E-state index < -0.39 is 11.7 Å². The highest BCUT2D eigenvalue weighted by molar-refractivity contribution is 5.77. The molecule has 1 saturated heterocycles. The summed E-state index contributed by atoms with van der Waals surface area (Å²) in [6, 6.07) is 15.6. The molecule has 0 bridgehead atoms. The van der Waals surface area contributed by atoms with Gasteiger partial charge in [0.2, 0.25) is 5.91 Å². The van der Waals surface area contributed by atoms with Gasteiger partial charge in [0, 0.05) is 44.4 Å². The molecule has 3 N–H and O–H groups in total. The van der Waals surface area contributed by atoms with Crippen LogP contribution >= 0.6 is 0 Å². The second kappa shape index (κ2) is 9.08. The van der Waals surface area contributed by atoms with Crippen LogP contribution in [0.5, 0.6) is 0 Å². The number of hydrogen-bond acceptors (Lipinski definition) is 5. The Morgan fingerprint density at radius 3 is 2.70 bits per heavy atom. The van der Waals surface area contributed by atoms with Gasteiger partial charge in [-0.15, -0.1) is 0 Å². The number of nitrogens with zero attached hydrogens (tertiary/aromatic N) is 2. The molecular weight excluding hydrogens is 342 g/mol. The Kier molecular flexibility index (Phi) is 6.55. The maximum Gasteiger partial charge on any atom is 0.223 e. The van der Waals surface area contributed by atoms with Crippen molar-refractivity contribution in [3.63, 3.8) is 0 Å². The van der Waals surface area contributed by atoms with Gasteiger partial charge in [0.25, 0.3) is 0 Å². The van der Waals surface area contributed by atoms with Crippen LogP contribution in [0.1, 0.15) is 17.7 Å². The molecule has 1 fully saturated rings. The van der Waals surface area contributed by atoms with Crippen LogP contribution in [0.15, 0.2) is 54.7 Å². The number of carbonyl (C=O) groups is 1. The van der Waals surface area contributed by atoms with E-state index in [-0.39, 0.29) is 25.5 Å². The molecule has 1 amide bonds. The van der Waals surface area contributed by atoms with E-state index in [1.807, 2.05) is 48.5 Å². The highest BCUT2D eigenvalue weighted by Crippen LogP contribution is 2.22. The van der Waals surface area contributed by atoms with Gasteiger partial charge in [0.05, 0.1) is 6.54 Å². The smallest absolute Gasteiger partial charge is 0.223 e. The van der Waals surface area contributed by atoms with E-state index in [1.54, 1.807) is 11.1 Å². The van der Waals surface area contributed by atoms with Gasteiger partial charge in [-0.3, -0.25) is 9.78 Å². The first-order valence-corrected chi connectivity index (χ1v) is 9.39. The van der Waals surface area contributed by atoms with Gasteiger partial charge in [-0.05, 0) is 24.1 Å². The van der Waals surface area contributed by atoms with Crippen LogP contribution in [0, 0.1) is 0 Å². The van der Waals surface area contributed by atoms with Crippen molar-refractivity contribution in [2.45, 2.75) is 31.0 Å². The van der Waals surface area contributed by atoms with Gasteiger partial charge >= 0.3 is 0 Å². The van der Waals surface area contributed by atoms with Crippen molar-refractivity contribution in [2.24, 2.45) is 0 Å². The van der Waals surface area contributed by atoms with Crippen molar-refractivity contribution in [1.82, 2.24) is 15.2 Å². The summed E-state index contributed by atoms with van der Waals surface area (Å²) >= 11 is 0. The fourth-order valence-corrected chi connectivity index (χ4v) is 3.36. The van der Waals surface area contributed by atoms with E-state index in [0.717, 1.165) is 17.7 Å². The predicted octanol–water partition coefficient (Wildman–Crippen LogP) is 0.781. The van der Waals surface area contributed by atoms with Gasteiger partial charge in [0.1, 0.15) is 11.7 Å². The number of aliphatic hydroxyl groups is 2. The fourth-order valence-electron chi connectivity index (χ4n) is 3.36. The summed E-state index contributed by atoms with van der Waals surface area (Å²) in [5, 5.41) is 24.2. The highest BCUT2D eigenvalue weighted by atomic mass is 16.3. The quantitative estimate of drug-likeness (QED) is 0.599. The van der Waals surface area contributed by atoms with E-state index in [1.165, 1.54) is 0 Å². The largest absolute Gasteiger partial charge is 0.388 e. The lowest BCUT2D eigenvalue weighted by molar-refractivity contribution is -0.131. The third-order valence-corrected chi connectivity index (χ3v) is 5.02. The average molecular weight is 369 g/mol. The van der Waals surface area contributed by atoms with Crippen molar-refractivity contribution < 1.29 is 15.0 Å². The number of hydrogen-bond donors (Lipinski definition) is 3. The summed E-state index contributed by atoms with van der Waals surface area (Å²) in [5.74, 6) is -0.0395. The lowest BCUT2D eigenvalue weighted by atomic mass is 10.0. The molecule has 2 atom stereocenters. The number of aromatic nitrogens is 1. The summed E-state index contributed by atoms with van der Waals surface area (Å²) in [6.45, 7) is 1.21. The van der Waals surface area contributed by atoms with Gasteiger partial charge in [-0.25, -0.2) is 0 Å². The molecule has 0 radical (unpaired) electrons. The zero-order valence-corrected chi connectivity index (χ0v) is 15.4. The van der Waals surface area contributed by atoms with Crippen molar-refractivity contribution in [2.75, 3.05) is 26.2 Å². The van der Waals surface area contributed by atoms with E-state index >= 15 is 0 Å². The monoisotopic (exact) mass is 369 g/mol. The standard InChI is InChI=1S/C21H27N3O3/c25-19-14-24(20(26)10-9-17-6-2-1-3-7-17)16-21(19,27)15-22-13-11-18-8-4-5-12-23-18/h1-8,12,19,22,25,27H,9-11,13-16H2/t19-,21+/m1/s1. The number of aliphatic hydroxyl groups excluding tert-OH is 1. The zero-order chi connectivity index (χ0) is 19.1. The van der Waals surface area contributed by atoms with Crippen LogP contribution in [0.25, 0.3) is 0 Å². The molecule has 1 aliphatic heterocycles. The van der Waals surface area contributed by atoms with Crippen LogP contribution in [0.4, 0.5) is 0 Å². The van der Waals surface area contributed by atoms with E-state index in [9.17, 15) is 15.0 Å². The van der Waals surface area contributed by atoms with Crippen molar-refractivity contribution in [3.05, 3.63) is 66.0 Å². The molecule has 3 rings (SSSR count). The lowest BCUT2D eigenvalue weighted by Crippen LogP contribution is -2.50. The number of benzene rings is 1. The second-order valence-electron chi connectivity index (χ2n) is 7.13. The number of amides is 1. The van der Waals surface area contributed by atoms with Crippen LogP contribution < -0.4 is 5.32 Å². The molecule has 2 aromatic rings. The Labute approximate surface area is 159 Å². The molecule has 6 heteroatoms. The number of β-amino-alcohol motifs (C(OH)–C–C–N with tert-alkyl or cyclic N) is 2. The predicted molar refractivity (Wildman–Crippen MR) is 103 cm³/mol. The molecule has 1 aliphatic rings. The molecule has 1 aromatic heterocycles. The zero-order valence-electron chi connectivity index (χ0n) is 15.4. The molecule has 0 saturated carbocycles. The average Bonchev–Trinajstić information content (AvgIpc) is 3.00. The summed E-state index contributed by atoms with van der Waals surface area (Å²) in [5.41, 5.74) is 0.769. The molecule has 0 unspecified atom stereocenters. The Hall–Kier alpha value is -2.28. The first kappa shape index (κ1) is 19.5. The minimum atomic E-state index is -1.31. The minimum Gasteiger partial charge on any atom is -0.388 e. The van der Waals surface area contributed by atoms with Crippen LogP contribution in [0.2, 0.25) is 0 Å². The SMILES string of the molecule is O=C(CCc1ccccc1)N1C[C@@H](O)[C@](O)(CNCCc2ccccn2)C1. The molecule has 6 nitrogen and oxygen atoms in total. The second-order valence-corrected chi connectivity index (χ2v) is 7.13. The molecule has 1 aromatic carbocycles. The normalized spacial score (nSPS) is 22.1. The number of rotatable bonds is 8. The molecule has 0 aliphatic carbocycles. The molecule has 2 heterocycles. The topological polar surface area (TPSA) is 85.7 Å². The highest BCUT2D eigenvalue weighted by Gasteiger charge is 2.45. The van der Waals surface area contributed by atoms with Gasteiger partial charge < -0.3 is 20.4 Å². The Balaban J connectivity index is 1.43. The summed E-state index contributed by atoms with van der Waals surface area (Å²) < 4.78 is 0. The van der Waals surface area contributed by atoms with Crippen molar-refractivity contribution in [3.8, 4) is 0 Å². The van der Waals surface area contributed by atoms with E-state index in [2.05, 4.69) is 10.3 Å². The third kappa shape index (κ3) is 5.35. The van der Waals surface area contributed by atoms with E-state index in [0.29, 0.717) is 19.4 Å². The summed E-state index contributed by atoms with van der Waals surface area (Å²) in [4.78, 5) is 18.3. The fraction of sp³-hybridized carbons (Fsp3) is 0.429. The minimum absolute atomic E-state index is 0.0395. The van der Waals surface area contributed by atoms with Crippen molar-refractivity contribution in [1.29, 1.82) is 0 Å². The van der Waals surface area contributed by atoms with Crippen LogP contribution in [0.3, 0.4) is 0 Å². The summed E-state index contributed by atoms with van der Waals surface area (Å²) in [7, 11) is 0. The number of pyridine rings is 1. The molecule has 27 heavy (non-hydrogen) atoms. The van der Waals surface area contributed by atoms with Gasteiger partial charge in [0.15, 0.2) is 0 Å². The third-order valence-electron chi connectivity index (χ3n) is 5.02. The number of carbonyl (C=O) groups excluding carboxylic acids is 1. The molecular formula is C21H27N3O3. The number of aryl methyl sites for hydroxylation is 1. The Bertz CT molecular complexity index is 726. The van der Waals surface area contributed by atoms with Crippen LogP contribution in [-0.4, -0.2) is 63.9 Å². The maximum absolute atomic E-state index is 12.4. The van der Waals surface area contributed by atoms with Crippen molar-refractivity contribution >= 4 is 5.91 Å². The Morgan fingerprint density at radius 2 is 1.96 bits per heavy atom. The number of likely N-dealkylation sites (tertiary alicyclic amines) is 1. The number of nitrogens with one attached hydrogen (secondary N) is 1. The van der Waals surface area contributed by atoms with Gasteiger partial charge in [-0.1, -0.05) is 36.4 Å². The van der Waals surface area contributed by atoms with E-state index in [4.69, 9.17) is 0 Å². The molecule has 0 spiro atoms. The van der Waals surface area contributed by atoms with Crippen LogP contribution in [-0.2, 0) is 17.6 Å². The maximum atomic E-state index is 12.4. The molecule has 144 valence electrons. The Morgan fingerprint density at radius 1 is 1.19 bits per heavy atom. The lowest BCUT2D eigenvalue weighted by Gasteiger charge is -2.26. The summed E-state index contributed by atoms with van der Waals surface area (Å²) in [6.07, 6.45) is 2.59. The first-order chi connectivity index (χ1) is 13.1. The van der Waals surface area contributed by atoms with Gasteiger partial charge in [-0.2, -0.15) is 0 Å².